The molecule has 1 aliphatic heterocycles. The molecule has 1 aromatic rings. The smallest absolute Gasteiger partial charge is 0.251 e. The Morgan fingerprint density at radius 2 is 1.88 bits per heavy atom. The Bertz CT molecular complexity index is 390. The van der Waals surface area contributed by atoms with Gasteiger partial charge in [-0.2, -0.15) is 4.98 Å². The van der Waals surface area contributed by atoms with E-state index in [1.165, 1.54) is 6.20 Å². The summed E-state index contributed by atoms with van der Waals surface area (Å²) < 4.78 is 25.8. The molecule has 0 aromatic carbocycles. The number of rotatable bonds is 1. The molecule has 0 aliphatic carbocycles. The molecule has 0 radical (unpaired) electrons. The molecule has 88 valence electrons. The first-order valence-corrected chi connectivity index (χ1v) is 5.54. The van der Waals surface area contributed by atoms with E-state index < -0.39 is 5.92 Å². The van der Waals surface area contributed by atoms with Crippen LogP contribution in [0.3, 0.4) is 0 Å². The van der Waals surface area contributed by atoms with Gasteiger partial charge in [0.25, 0.3) is 5.92 Å². The molecular weight excluding hydrogens is 259 g/mol. The van der Waals surface area contributed by atoms with Gasteiger partial charge in [-0.15, -0.1) is 0 Å². The molecule has 1 aromatic heterocycles. The Balaban J connectivity index is 2.11. The second kappa shape index (κ2) is 4.30. The number of piperidine rings is 1. The maximum absolute atomic E-state index is 12.9. The predicted octanol–water partition coefficient (Wildman–Crippen LogP) is 3.02. The summed E-state index contributed by atoms with van der Waals surface area (Å²) in [4.78, 5) is 9.59. The molecule has 0 saturated carbocycles. The average Bonchev–Trinajstić information content (AvgIpc) is 2.22. The zero-order valence-corrected chi connectivity index (χ0v) is 9.77. The predicted molar refractivity (Wildman–Crippen MR) is 58.4 cm³/mol. The van der Waals surface area contributed by atoms with E-state index in [1.807, 2.05) is 0 Å². The van der Waals surface area contributed by atoms with Crippen molar-refractivity contribution >= 4 is 29.2 Å². The Hall–Kier alpha value is -0.680. The highest BCUT2D eigenvalue weighted by Crippen LogP contribution is 2.30. The van der Waals surface area contributed by atoms with Gasteiger partial charge >= 0.3 is 0 Å². The summed E-state index contributed by atoms with van der Waals surface area (Å²) in [7, 11) is 0. The summed E-state index contributed by atoms with van der Waals surface area (Å²) in [6.45, 7) is 0.454. The lowest BCUT2D eigenvalue weighted by Gasteiger charge is -2.31. The molecule has 2 heterocycles. The van der Waals surface area contributed by atoms with Crippen LogP contribution in [0.5, 0.6) is 0 Å². The van der Waals surface area contributed by atoms with Crippen molar-refractivity contribution in [2.45, 2.75) is 18.8 Å². The standard InChI is InChI=1S/C9H9Cl2F2N3/c10-6-5-14-8(15-7(6)11)16-3-1-9(12,13)2-4-16/h5H,1-4H2. The van der Waals surface area contributed by atoms with Gasteiger partial charge in [0.1, 0.15) is 0 Å². The van der Waals surface area contributed by atoms with Crippen molar-refractivity contribution in [3.63, 3.8) is 0 Å². The number of anilines is 1. The molecule has 2 rings (SSSR count). The summed E-state index contributed by atoms with van der Waals surface area (Å²) in [5.74, 6) is -2.22. The fourth-order valence-electron chi connectivity index (χ4n) is 1.52. The van der Waals surface area contributed by atoms with Crippen molar-refractivity contribution in [3.8, 4) is 0 Å². The van der Waals surface area contributed by atoms with Crippen molar-refractivity contribution in [2.24, 2.45) is 0 Å². The Kier molecular flexibility index (Phi) is 3.17. The summed E-state index contributed by atoms with van der Waals surface area (Å²) >= 11 is 11.4. The third-order valence-corrected chi connectivity index (χ3v) is 3.13. The van der Waals surface area contributed by atoms with Crippen molar-refractivity contribution < 1.29 is 8.78 Å². The van der Waals surface area contributed by atoms with E-state index >= 15 is 0 Å². The van der Waals surface area contributed by atoms with Crippen LogP contribution in [-0.4, -0.2) is 29.0 Å². The van der Waals surface area contributed by atoms with Gasteiger partial charge in [0, 0.05) is 25.9 Å². The summed E-state index contributed by atoms with van der Waals surface area (Å²) in [5.41, 5.74) is 0. The quantitative estimate of drug-likeness (QED) is 0.733. The van der Waals surface area contributed by atoms with Gasteiger partial charge in [-0.3, -0.25) is 0 Å². The second-order valence-corrected chi connectivity index (χ2v) is 4.42. The van der Waals surface area contributed by atoms with Gasteiger partial charge in [0.05, 0.1) is 11.2 Å². The van der Waals surface area contributed by atoms with Crippen LogP contribution >= 0.6 is 23.2 Å². The number of nitrogens with zero attached hydrogens (tertiary/aromatic N) is 3. The zero-order chi connectivity index (χ0) is 11.8. The maximum atomic E-state index is 12.9. The van der Waals surface area contributed by atoms with Gasteiger partial charge in [-0.25, -0.2) is 13.8 Å². The first kappa shape index (κ1) is 11.8. The first-order valence-electron chi connectivity index (χ1n) is 4.79. The van der Waals surface area contributed by atoms with E-state index in [2.05, 4.69) is 9.97 Å². The number of hydrogen-bond acceptors (Lipinski definition) is 3. The van der Waals surface area contributed by atoms with E-state index in [9.17, 15) is 8.78 Å². The normalized spacial score (nSPS) is 19.9. The summed E-state index contributed by atoms with van der Waals surface area (Å²) in [6, 6.07) is 0. The van der Waals surface area contributed by atoms with Crippen LogP contribution in [-0.2, 0) is 0 Å². The van der Waals surface area contributed by atoms with Gasteiger partial charge in [-0.05, 0) is 0 Å². The van der Waals surface area contributed by atoms with E-state index in [0.717, 1.165) is 0 Å². The Morgan fingerprint density at radius 3 is 2.44 bits per heavy atom. The molecule has 0 amide bonds. The third-order valence-electron chi connectivity index (χ3n) is 2.47. The first-order chi connectivity index (χ1) is 7.48. The molecular formula is C9H9Cl2F2N3. The SMILES string of the molecule is FC1(F)CCN(c2ncc(Cl)c(Cl)n2)CC1. The minimum absolute atomic E-state index is 0.143. The third kappa shape index (κ3) is 2.52. The van der Waals surface area contributed by atoms with E-state index in [0.29, 0.717) is 5.95 Å². The minimum Gasteiger partial charge on any atom is -0.340 e. The molecule has 0 unspecified atom stereocenters. The van der Waals surface area contributed by atoms with Crippen molar-refractivity contribution in [1.82, 2.24) is 9.97 Å². The molecule has 0 bridgehead atoms. The van der Waals surface area contributed by atoms with Crippen molar-refractivity contribution in [2.75, 3.05) is 18.0 Å². The van der Waals surface area contributed by atoms with E-state index in [1.54, 1.807) is 4.90 Å². The lowest BCUT2D eigenvalue weighted by atomic mass is 10.1. The van der Waals surface area contributed by atoms with Crippen LogP contribution in [0, 0.1) is 0 Å². The van der Waals surface area contributed by atoms with Gasteiger partial charge < -0.3 is 4.90 Å². The topological polar surface area (TPSA) is 29.0 Å². The maximum Gasteiger partial charge on any atom is 0.251 e. The van der Waals surface area contributed by atoms with Crippen molar-refractivity contribution in [3.05, 3.63) is 16.4 Å². The second-order valence-electron chi connectivity index (χ2n) is 3.65. The fourth-order valence-corrected chi connectivity index (χ4v) is 1.74. The summed E-state index contributed by atoms with van der Waals surface area (Å²) in [6.07, 6.45) is 1.01. The molecule has 1 saturated heterocycles. The number of aromatic nitrogens is 2. The lowest BCUT2D eigenvalue weighted by molar-refractivity contribution is -0.0222. The largest absolute Gasteiger partial charge is 0.340 e. The minimum atomic E-state index is -2.58. The van der Waals surface area contributed by atoms with E-state index in [4.69, 9.17) is 23.2 Å². The Labute approximate surface area is 101 Å². The van der Waals surface area contributed by atoms with Crippen LogP contribution in [0.15, 0.2) is 6.20 Å². The monoisotopic (exact) mass is 267 g/mol. The number of alkyl halides is 2. The van der Waals surface area contributed by atoms with Crippen LogP contribution in [0.2, 0.25) is 10.2 Å². The molecule has 0 N–H and O–H groups in total. The molecule has 16 heavy (non-hydrogen) atoms. The highest BCUT2D eigenvalue weighted by Gasteiger charge is 2.34. The van der Waals surface area contributed by atoms with Crippen LogP contribution < -0.4 is 4.90 Å². The average molecular weight is 268 g/mol. The lowest BCUT2D eigenvalue weighted by Crippen LogP contribution is -2.40. The van der Waals surface area contributed by atoms with Crippen LogP contribution in [0.25, 0.3) is 0 Å². The molecule has 0 spiro atoms. The highest BCUT2D eigenvalue weighted by molar-refractivity contribution is 6.41. The highest BCUT2D eigenvalue weighted by atomic mass is 35.5. The zero-order valence-electron chi connectivity index (χ0n) is 8.26. The molecule has 0 atom stereocenters. The number of hydrogen-bond donors (Lipinski definition) is 0. The van der Waals surface area contributed by atoms with Crippen LogP contribution in [0.4, 0.5) is 14.7 Å². The molecule has 1 fully saturated rings. The van der Waals surface area contributed by atoms with Crippen LogP contribution in [0.1, 0.15) is 12.8 Å². The number of halogens is 4. The van der Waals surface area contributed by atoms with Gasteiger partial charge in [0.2, 0.25) is 5.95 Å². The van der Waals surface area contributed by atoms with Crippen molar-refractivity contribution in [1.29, 1.82) is 0 Å². The molecule has 7 heteroatoms. The molecule has 3 nitrogen and oxygen atoms in total. The molecule has 1 aliphatic rings. The fraction of sp³-hybridized carbons (Fsp3) is 0.556. The van der Waals surface area contributed by atoms with E-state index in [-0.39, 0.29) is 36.1 Å². The van der Waals surface area contributed by atoms with Gasteiger partial charge in [-0.1, -0.05) is 23.2 Å². The van der Waals surface area contributed by atoms with Gasteiger partial charge in [0.15, 0.2) is 5.15 Å². The summed E-state index contributed by atoms with van der Waals surface area (Å²) in [5, 5.41) is 0.400. The Morgan fingerprint density at radius 1 is 1.25 bits per heavy atom.